The van der Waals surface area contributed by atoms with Crippen LogP contribution in [0.3, 0.4) is 0 Å². The van der Waals surface area contributed by atoms with Crippen LogP contribution in [0.1, 0.15) is 91.9 Å². The number of carbonyl (C=O) groups is 2. The van der Waals surface area contributed by atoms with E-state index < -0.39 is 12.4 Å². The van der Waals surface area contributed by atoms with Gasteiger partial charge in [0.2, 0.25) is 0 Å². The number of hydrogen-bond acceptors (Lipinski definition) is 11. The van der Waals surface area contributed by atoms with Gasteiger partial charge in [0, 0.05) is 39.2 Å². The Hall–Kier alpha value is -1.44. The highest BCUT2D eigenvalue weighted by atomic mass is 16.7. The molecule has 53 heavy (non-hydrogen) atoms. The number of carbonyl (C=O) groups excluding carboxylic acids is 2. The van der Waals surface area contributed by atoms with Crippen LogP contribution in [0.4, 0.5) is 0 Å². The molecule has 0 amide bonds. The molecule has 3 saturated heterocycles. The summed E-state index contributed by atoms with van der Waals surface area (Å²) in [4.78, 5) is 30.7. The minimum Gasteiger partial charge on any atom is -0.462 e. The maximum Gasteiger partial charge on any atom is 0.306 e. The van der Waals surface area contributed by atoms with Crippen LogP contribution in [0, 0.1) is 47.3 Å². The maximum absolute atomic E-state index is 14.8. The molecule has 7 rings (SSSR count). The highest BCUT2D eigenvalue weighted by Gasteiger charge is 2.65. The normalized spacial score (nSPS) is 48.8. The summed E-state index contributed by atoms with van der Waals surface area (Å²) in [6.45, 7) is 8.25. The first-order valence-corrected chi connectivity index (χ1v) is 20.8. The molecule has 11 heteroatoms. The largest absolute Gasteiger partial charge is 0.462 e. The molecule has 0 radical (unpaired) electrons. The van der Waals surface area contributed by atoms with Gasteiger partial charge in [-0.25, -0.2) is 0 Å². The SMILES string of the molecule is CC[C@H]1CCC[C@H](O[C@H]2CC[C@H](N(C)C)C(C)O2)[C@@H](C)C(=O)C2=C[C@H]3[C@@H]4C[C@H](OC5OC(C)C(OC)C(OC)C5OC)C[C@H]4[C@@H]4C[C@@H]4[C@H]3[C@@H]2CC(=O)O1. The van der Waals surface area contributed by atoms with Crippen molar-refractivity contribution >= 4 is 11.8 Å². The van der Waals surface area contributed by atoms with Crippen LogP contribution in [0.2, 0.25) is 0 Å². The van der Waals surface area contributed by atoms with Crippen molar-refractivity contribution in [1.82, 2.24) is 4.90 Å². The molecular weight excluding hydrogens is 678 g/mol. The van der Waals surface area contributed by atoms with Crippen molar-refractivity contribution < 1.29 is 47.5 Å². The lowest BCUT2D eigenvalue weighted by atomic mass is 9.66. The number of hydrogen-bond donors (Lipinski definition) is 0. The lowest BCUT2D eigenvalue weighted by Crippen LogP contribution is -2.59. The average molecular weight is 746 g/mol. The molecule has 0 aromatic heterocycles. The quantitative estimate of drug-likeness (QED) is 0.277. The number of nitrogens with zero attached hydrogens (tertiary/aromatic N) is 1. The third-order valence-corrected chi connectivity index (χ3v) is 14.6. The van der Waals surface area contributed by atoms with Crippen molar-refractivity contribution in [1.29, 1.82) is 0 Å². The monoisotopic (exact) mass is 745 g/mol. The second-order valence-electron chi connectivity index (χ2n) is 17.7. The molecule has 7 aliphatic rings. The smallest absolute Gasteiger partial charge is 0.306 e. The first-order valence-electron chi connectivity index (χ1n) is 20.8. The van der Waals surface area contributed by atoms with Gasteiger partial charge in [0.05, 0.1) is 30.8 Å². The number of rotatable bonds is 9. The fourth-order valence-corrected chi connectivity index (χ4v) is 11.9. The third-order valence-electron chi connectivity index (χ3n) is 14.6. The van der Waals surface area contributed by atoms with Crippen LogP contribution in [0.15, 0.2) is 11.6 Å². The van der Waals surface area contributed by atoms with Gasteiger partial charge in [-0.1, -0.05) is 19.9 Å². The summed E-state index contributed by atoms with van der Waals surface area (Å²) in [6.07, 6.45) is 8.05. The zero-order chi connectivity index (χ0) is 37.7. The molecule has 6 unspecified atom stereocenters. The molecule has 300 valence electrons. The van der Waals surface area contributed by atoms with Gasteiger partial charge in [-0.3, -0.25) is 9.59 Å². The Balaban J connectivity index is 1.11. The van der Waals surface area contributed by atoms with Gasteiger partial charge in [0.25, 0.3) is 0 Å². The fourth-order valence-electron chi connectivity index (χ4n) is 11.9. The van der Waals surface area contributed by atoms with Gasteiger partial charge in [-0.15, -0.1) is 0 Å². The highest BCUT2D eigenvalue weighted by Crippen LogP contribution is 2.69. The van der Waals surface area contributed by atoms with Crippen molar-refractivity contribution in [3.63, 3.8) is 0 Å². The molecule has 0 aromatic rings. The Morgan fingerprint density at radius 3 is 2.19 bits per heavy atom. The Kier molecular flexibility index (Phi) is 12.4. The Labute approximate surface area is 317 Å². The van der Waals surface area contributed by atoms with E-state index in [1.54, 1.807) is 21.3 Å². The second kappa shape index (κ2) is 16.6. The van der Waals surface area contributed by atoms with E-state index in [1.165, 1.54) is 0 Å². The molecule has 11 nitrogen and oxygen atoms in total. The number of esters is 1. The minimum atomic E-state index is -0.565. The first kappa shape index (κ1) is 39.8. The summed E-state index contributed by atoms with van der Waals surface area (Å²) in [6, 6.07) is 0.346. The molecule has 3 aliphatic heterocycles. The van der Waals surface area contributed by atoms with Crippen LogP contribution in [0.25, 0.3) is 0 Å². The van der Waals surface area contributed by atoms with Gasteiger partial charge in [-0.2, -0.15) is 0 Å². The predicted molar refractivity (Wildman–Crippen MR) is 197 cm³/mol. The van der Waals surface area contributed by atoms with Crippen LogP contribution >= 0.6 is 0 Å². The lowest BCUT2D eigenvalue weighted by Gasteiger charge is -2.44. The molecule has 19 atom stereocenters. The Bertz CT molecular complexity index is 1320. The minimum absolute atomic E-state index is 0.00845. The van der Waals surface area contributed by atoms with E-state index in [4.69, 9.17) is 37.9 Å². The van der Waals surface area contributed by atoms with E-state index in [9.17, 15) is 9.59 Å². The summed E-state index contributed by atoms with van der Waals surface area (Å²) in [5, 5.41) is 0. The number of likely N-dealkylation sites (N-methyl/N-ethyl adjacent to an activating group) is 1. The standard InChI is InChI=1S/C42H67NO10/c1-10-24-12-11-13-34(53-36-15-14-33(43(5)6)22(3)49-36)21(2)38(45)32-19-30-27-17-25(52-42-41(48-9)40(47-8)39(46-7)23(4)50-42)16-26(27)28-18-29(28)37(30)31(32)20-35(44)51-24/h19,21-31,33-34,36-37,39-42H,10-18,20H2,1-9H3/t21-,22?,23?,24+,25-,26-,27-,28+,29+,30+,31-,33+,34+,36+,37-,39?,40?,41?,42?/m1/s1. The van der Waals surface area contributed by atoms with Gasteiger partial charge >= 0.3 is 5.97 Å². The lowest BCUT2D eigenvalue weighted by molar-refractivity contribution is -0.314. The van der Waals surface area contributed by atoms with Crippen molar-refractivity contribution in [2.45, 2.75) is 159 Å². The van der Waals surface area contributed by atoms with Crippen molar-refractivity contribution in [2.24, 2.45) is 47.3 Å². The van der Waals surface area contributed by atoms with E-state index in [2.05, 4.69) is 38.9 Å². The number of Topliss-reactive ketones (excluding diaryl/α,β-unsaturated/α-hetero) is 1. The van der Waals surface area contributed by atoms with E-state index in [0.29, 0.717) is 29.7 Å². The zero-order valence-electron chi connectivity index (χ0n) is 33.6. The van der Waals surface area contributed by atoms with Crippen LogP contribution in [-0.2, 0) is 47.5 Å². The predicted octanol–water partition coefficient (Wildman–Crippen LogP) is 5.57. The highest BCUT2D eigenvalue weighted by molar-refractivity contribution is 5.99. The summed E-state index contributed by atoms with van der Waals surface area (Å²) < 4.78 is 50.0. The number of fused-ring (bicyclic) bond motifs is 8. The van der Waals surface area contributed by atoms with E-state index >= 15 is 0 Å². The van der Waals surface area contributed by atoms with Crippen LogP contribution in [0.5, 0.6) is 0 Å². The number of ketones is 1. The maximum atomic E-state index is 14.8. The summed E-state index contributed by atoms with van der Waals surface area (Å²) in [5.74, 6) is 2.01. The summed E-state index contributed by atoms with van der Waals surface area (Å²) >= 11 is 0. The van der Waals surface area contributed by atoms with Gasteiger partial charge < -0.3 is 42.8 Å². The molecule has 3 saturated carbocycles. The van der Waals surface area contributed by atoms with E-state index in [-0.39, 0.29) is 90.9 Å². The van der Waals surface area contributed by atoms with Crippen molar-refractivity contribution in [2.75, 3.05) is 35.4 Å². The first-order chi connectivity index (χ1) is 25.5. The Morgan fingerprint density at radius 2 is 1.51 bits per heavy atom. The number of allylic oxidation sites excluding steroid dienone is 2. The van der Waals surface area contributed by atoms with Crippen molar-refractivity contribution in [3.8, 4) is 0 Å². The molecular formula is C42H67NO10. The third kappa shape index (κ3) is 7.81. The second-order valence-corrected chi connectivity index (χ2v) is 17.7. The summed E-state index contributed by atoms with van der Waals surface area (Å²) in [5.41, 5.74) is 0.838. The summed E-state index contributed by atoms with van der Waals surface area (Å²) in [7, 11) is 9.22. The average Bonchev–Trinajstić information content (AvgIpc) is 3.67. The molecule has 4 aliphatic carbocycles. The van der Waals surface area contributed by atoms with Crippen LogP contribution < -0.4 is 0 Å². The number of cyclic esters (lactones) is 1. The fraction of sp³-hybridized carbons (Fsp3) is 0.905. The van der Waals surface area contributed by atoms with Gasteiger partial charge in [0.1, 0.15) is 24.4 Å². The molecule has 0 aromatic carbocycles. The van der Waals surface area contributed by atoms with Gasteiger partial charge in [-0.05, 0) is 127 Å². The van der Waals surface area contributed by atoms with E-state index in [1.807, 2.05) is 13.8 Å². The molecule has 6 fully saturated rings. The van der Waals surface area contributed by atoms with Gasteiger partial charge in [0.15, 0.2) is 18.4 Å². The number of ether oxygens (including phenoxy) is 8. The molecule has 3 heterocycles. The topological polar surface area (TPSA) is 111 Å². The van der Waals surface area contributed by atoms with Crippen molar-refractivity contribution in [3.05, 3.63) is 11.6 Å². The zero-order valence-corrected chi connectivity index (χ0v) is 33.6. The molecule has 0 bridgehead atoms. The van der Waals surface area contributed by atoms with E-state index in [0.717, 1.165) is 63.4 Å². The molecule has 0 spiro atoms. The van der Waals surface area contributed by atoms with Crippen LogP contribution in [-0.4, -0.2) is 120 Å². The molecule has 0 N–H and O–H groups in total. The Morgan fingerprint density at radius 1 is 0.792 bits per heavy atom. The number of methoxy groups -OCH3 is 3.